The van der Waals surface area contributed by atoms with E-state index in [0.29, 0.717) is 6.54 Å². The second-order valence-corrected chi connectivity index (χ2v) is 4.44. The summed E-state index contributed by atoms with van der Waals surface area (Å²) in [5.41, 5.74) is 1.82. The zero-order valence-electron chi connectivity index (χ0n) is 11.5. The molecule has 2 N–H and O–H groups in total. The van der Waals surface area contributed by atoms with Gasteiger partial charge in [0.25, 0.3) is 0 Å². The van der Waals surface area contributed by atoms with E-state index in [0.717, 1.165) is 11.1 Å². The fourth-order valence-electron chi connectivity index (χ4n) is 1.74. The third kappa shape index (κ3) is 5.40. The molecule has 0 unspecified atom stereocenters. The van der Waals surface area contributed by atoms with Gasteiger partial charge < -0.3 is 15.2 Å². The number of amides is 1. The maximum absolute atomic E-state index is 11.5. The second kappa shape index (κ2) is 7.75. The van der Waals surface area contributed by atoms with Gasteiger partial charge in [-0.25, -0.2) is 4.79 Å². The van der Waals surface area contributed by atoms with Crippen molar-refractivity contribution in [2.75, 3.05) is 6.54 Å². The van der Waals surface area contributed by atoms with Gasteiger partial charge in [0.2, 0.25) is 0 Å². The van der Waals surface area contributed by atoms with Gasteiger partial charge in [-0.2, -0.15) is 0 Å². The Bertz CT molecular complexity index is 608. The molecule has 108 valence electrons. The van der Waals surface area contributed by atoms with Gasteiger partial charge in [0, 0.05) is 6.54 Å². The summed E-state index contributed by atoms with van der Waals surface area (Å²) in [7, 11) is 0. The number of carbonyl (C=O) groups is 1. The molecular weight excluding hydrogens is 266 g/mol. The lowest BCUT2D eigenvalue weighted by atomic mass is 10.2. The second-order valence-electron chi connectivity index (χ2n) is 4.44. The lowest BCUT2D eigenvalue weighted by Gasteiger charge is -2.05. The van der Waals surface area contributed by atoms with Crippen LogP contribution in [0.4, 0.5) is 4.79 Å². The highest BCUT2D eigenvalue weighted by Crippen LogP contribution is 2.11. The minimum absolute atomic E-state index is 0.215. The largest absolute Gasteiger partial charge is 0.508 e. The Morgan fingerprint density at radius 1 is 1.14 bits per heavy atom. The molecular formula is C17H17NO3. The first-order chi connectivity index (χ1) is 10.2. The van der Waals surface area contributed by atoms with Gasteiger partial charge in [0.05, 0.1) is 0 Å². The summed E-state index contributed by atoms with van der Waals surface area (Å²) in [4.78, 5) is 11.5. The zero-order chi connectivity index (χ0) is 14.9. The number of carbonyl (C=O) groups excluding carboxylic acids is 1. The van der Waals surface area contributed by atoms with E-state index in [1.165, 1.54) is 0 Å². The van der Waals surface area contributed by atoms with Crippen molar-refractivity contribution < 1.29 is 14.6 Å². The molecule has 0 radical (unpaired) electrons. The highest BCUT2D eigenvalue weighted by atomic mass is 16.5. The third-order valence-electron chi connectivity index (χ3n) is 2.76. The minimum Gasteiger partial charge on any atom is -0.508 e. The Morgan fingerprint density at radius 2 is 1.95 bits per heavy atom. The van der Waals surface area contributed by atoms with Crippen molar-refractivity contribution in [3.63, 3.8) is 0 Å². The summed E-state index contributed by atoms with van der Waals surface area (Å²) in [5.74, 6) is 0.215. The molecule has 0 atom stereocenters. The van der Waals surface area contributed by atoms with Gasteiger partial charge in [-0.05, 0) is 23.3 Å². The van der Waals surface area contributed by atoms with Crippen LogP contribution in [0.25, 0.3) is 6.08 Å². The normalized spacial score (nSPS) is 10.5. The van der Waals surface area contributed by atoms with Crippen LogP contribution in [0.5, 0.6) is 5.75 Å². The van der Waals surface area contributed by atoms with Crippen LogP contribution in [0, 0.1) is 0 Å². The number of rotatable bonds is 5. The first-order valence-corrected chi connectivity index (χ1v) is 6.64. The van der Waals surface area contributed by atoms with Crippen LogP contribution in [-0.2, 0) is 11.3 Å². The molecule has 0 aliphatic heterocycles. The fourth-order valence-corrected chi connectivity index (χ4v) is 1.74. The summed E-state index contributed by atoms with van der Waals surface area (Å²) in [6, 6.07) is 16.4. The molecule has 0 spiro atoms. The molecule has 0 aliphatic rings. The van der Waals surface area contributed by atoms with E-state index in [-0.39, 0.29) is 12.4 Å². The molecule has 0 heterocycles. The van der Waals surface area contributed by atoms with Crippen molar-refractivity contribution in [3.05, 3.63) is 71.8 Å². The van der Waals surface area contributed by atoms with Crippen LogP contribution in [0.1, 0.15) is 11.1 Å². The van der Waals surface area contributed by atoms with Crippen molar-refractivity contribution in [1.29, 1.82) is 0 Å². The number of ether oxygens (including phenoxy) is 1. The van der Waals surface area contributed by atoms with Gasteiger partial charge in [-0.3, -0.25) is 0 Å². The first-order valence-electron chi connectivity index (χ1n) is 6.64. The molecule has 0 aliphatic carbocycles. The number of phenols is 1. The summed E-state index contributed by atoms with van der Waals surface area (Å²) in [5, 5.41) is 11.9. The monoisotopic (exact) mass is 283 g/mol. The van der Waals surface area contributed by atoms with E-state index in [4.69, 9.17) is 4.74 Å². The van der Waals surface area contributed by atoms with Gasteiger partial charge in [-0.15, -0.1) is 0 Å². The maximum Gasteiger partial charge on any atom is 0.407 e. The molecule has 0 fully saturated rings. The third-order valence-corrected chi connectivity index (χ3v) is 2.76. The smallest absolute Gasteiger partial charge is 0.407 e. The van der Waals surface area contributed by atoms with E-state index in [2.05, 4.69) is 5.32 Å². The molecule has 4 heteroatoms. The number of hydrogen-bond donors (Lipinski definition) is 2. The molecule has 2 aromatic rings. The van der Waals surface area contributed by atoms with Crippen molar-refractivity contribution in [2.45, 2.75) is 6.61 Å². The van der Waals surface area contributed by atoms with E-state index in [1.807, 2.05) is 42.5 Å². The number of alkyl carbamates (subject to hydrolysis) is 1. The first kappa shape index (κ1) is 14.7. The maximum atomic E-state index is 11.5. The zero-order valence-corrected chi connectivity index (χ0v) is 11.5. The Kier molecular flexibility index (Phi) is 5.41. The molecule has 0 aromatic heterocycles. The average molecular weight is 283 g/mol. The summed E-state index contributed by atoms with van der Waals surface area (Å²) < 4.78 is 5.08. The quantitative estimate of drug-likeness (QED) is 0.885. The van der Waals surface area contributed by atoms with Crippen molar-refractivity contribution in [2.24, 2.45) is 0 Å². The van der Waals surface area contributed by atoms with Gasteiger partial charge in [0.1, 0.15) is 12.4 Å². The molecule has 4 nitrogen and oxygen atoms in total. The number of phenolic OH excluding ortho intramolecular Hbond substituents is 1. The highest BCUT2D eigenvalue weighted by molar-refractivity contribution is 5.67. The highest BCUT2D eigenvalue weighted by Gasteiger charge is 2.00. The average Bonchev–Trinajstić information content (AvgIpc) is 2.51. The van der Waals surface area contributed by atoms with Crippen LogP contribution in [-0.4, -0.2) is 17.7 Å². The fraction of sp³-hybridized carbons (Fsp3) is 0.118. The lowest BCUT2D eigenvalue weighted by Crippen LogP contribution is -2.24. The predicted octanol–water partition coefficient (Wildman–Crippen LogP) is 3.33. The van der Waals surface area contributed by atoms with Crippen LogP contribution in [0.15, 0.2) is 60.7 Å². The van der Waals surface area contributed by atoms with Crippen molar-refractivity contribution in [3.8, 4) is 5.75 Å². The van der Waals surface area contributed by atoms with E-state index < -0.39 is 6.09 Å². The molecule has 21 heavy (non-hydrogen) atoms. The number of aromatic hydroxyl groups is 1. The molecule has 0 saturated carbocycles. The van der Waals surface area contributed by atoms with Crippen LogP contribution < -0.4 is 5.32 Å². The Hall–Kier alpha value is -2.75. The molecule has 0 bridgehead atoms. The molecule has 2 aromatic carbocycles. The predicted molar refractivity (Wildman–Crippen MR) is 81.8 cm³/mol. The topological polar surface area (TPSA) is 58.6 Å². The number of nitrogens with one attached hydrogen (secondary N) is 1. The lowest BCUT2D eigenvalue weighted by molar-refractivity contribution is 0.141. The SMILES string of the molecule is O=C(NCC=Cc1cccc(O)c1)OCc1ccccc1. The van der Waals surface area contributed by atoms with Crippen LogP contribution in [0.2, 0.25) is 0 Å². The van der Waals surface area contributed by atoms with Crippen molar-refractivity contribution in [1.82, 2.24) is 5.32 Å². The van der Waals surface area contributed by atoms with E-state index in [1.54, 1.807) is 24.3 Å². The van der Waals surface area contributed by atoms with E-state index >= 15 is 0 Å². The van der Waals surface area contributed by atoms with Gasteiger partial charge in [0.15, 0.2) is 0 Å². The number of benzene rings is 2. The molecule has 1 amide bonds. The van der Waals surface area contributed by atoms with Crippen LogP contribution >= 0.6 is 0 Å². The van der Waals surface area contributed by atoms with Gasteiger partial charge in [-0.1, -0.05) is 54.6 Å². The van der Waals surface area contributed by atoms with Crippen molar-refractivity contribution >= 4 is 12.2 Å². The number of hydrogen-bond acceptors (Lipinski definition) is 3. The van der Waals surface area contributed by atoms with Gasteiger partial charge >= 0.3 is 6.09 Å². The standard InChI is InChI=1S/C17H17NO3/c19-16-10-4-8-14(12-16)9-5-11-18-17(20)21-13-15-6-2-1-3-7-15/h1-10,12,19H,11,13H2,(H,18,20). The summed E-state index contributed by atoms with van der Waals surface area (Å²) >= 11 is 0. The Morgan fingerprint density at radius 3 is 2.71 bits per heavy atom. The Labute approximate surface area is 123 Å². The Balaban J connectivity index is 1.69. The summed E-state index contributed by atoms with van der Waals surface area (Å²) in [6.45, 7) is 0.617. The summed E-state index contributed by atoms with van der Waals surface area (Å²) in [6.07, 6.45) is 3.15. The van der Waals surface area contributed by atoms with Crippen LogP contribution in [0.3, 0.4) is 0 Å². The molecule has 2 rings (SSSR count). The minimum atomic E-state index is -0.459. The molecule has 0 saturated heterocycles. The van der Waals surface area contributed by atoms with E-state index in [9.17, 15) is 9.90 Å².